The number of likely N-dealkylation sites (N-methyl/N-ethyl adjacent to an activating group) is 1. The molecule has 1 aliphatic rings. The Morgan fingerprint density at radius 1 is 1.00 bits per heavy atom. The number of nitrogens with one attached hydrogen (secondary N) is 1. The first-order chi connectivity index (χ1) is 16.7. The van der Waals surface area contributed by atoms with Crippen molar-refractivity contribution >= 4 is 18.0 Å². The predicted molar refractivity (Wildman–Crippen MR) is 125 cm³/mol. The first-order valence-corrected chi connectivity index (χ1v) is 11.2. The number of nitrogens with zero attached hydrogens (tertiary/aromatic N) is 2. The molecule has 10 heteroatoms. The van der Waals surface area contributed by atoms with E-state index in [9.17, 15) is 23.2 Å². The van der Waals surface area contributed by atoms with Crippen LogP contribution < -0.4 is 5.32 Å². The summed E-state index contributed by atoms with van der Waals surface area (Å²) >= 11 is 0. The molecule has 2 amide bonds. The summed E-state index contributed by atoms with van der Waals surface area (Å²) in [4.78, 5) is 38.8. The maximum Gasteiger partial charge on any atom is 0.407 e. The van der Waals surface area contributed by atoms with Gasteiger partial charge in [0.05, 0.1) is 6.42 Å². The molecule has 0 spiro atoms. The minimum absolute atomic E-state index is 0.0546. The van der Waals surface area contributed by atoms with Crippen LogP contribution in [0.1, 0.15) is 23.5 Å². The van der Waals surface area contributed by atoms with Crippen LogP contribution >= 0.6 is 0 Å². The molecule has 0 bridgehead atoms. The van der Waals surface area contributed by atoms with Gasteiger partial charge in [0, 0.05) is 19.0 Å². The molecule has 2 N–H and O–H groups in total. The minimum atomic E-state index is -3.04. The van der Waals surface area contributed by atoms with E-state index in [-0.39, 0.29) is 19.1 Å². The van der Waals surface area contributed by atoms with Crippen molar-refractivity contribution in [1.82, 2.24) is 15.1 Å². The number of benzene rings is 2. The molecule has 2 aromatic rings. The van der Waals surface area contributed by atoms with Crippen molar-refractivity contribution in [2.24, 2.45) is 0 Å². The lowest BCUT2D eigenvalue weighted by molar-refractivity contribution is -0.145. The Kier molecular flexibility index (Phi) is 8.75. The van der Waals surface area contributed by atoms with Crippen LogP contribution in [0.5, 0.6) is 0 Å². The number of amides is 2. The molecule has 0 fully saturated rings. The first kappa shape index (κ1) is 26.1. The van der Waals surface area contributed by atoms with Gasteiger partial charge in [-0.1, -0.05) is 48.5 Å². The number of carbonyl (C=O) groups excluding carboxylic acids is 2. The van der Waals surface area contributed by atoms with Crippen LogP contribution in [0.3, 0.4) is 0 Å². The Labute approximate surface area is 202 Å². The number of alkyl carbamates (subject to hydrolysis) is 1. The van der Waals surface area contributed by atoms with E-state index in [0.29, 0.717) is 6.54 Å². The summed E-state index contributed by atoms with van der Waals surface area (Å²) < 4.78 is 32.6. The highest BCUT2D eigenvalue weighted by atomic mass is 19.3. The van der Waals surface area contributed by atoms with Gasteiger partial charge in [0.15, 0.2) is 0 Å². The number of aliphatic carboxylic acids is 1. The van der Waals surface area contributed by atoms with Crippen LogP contribution in [0.15, 0.2) is 48.5 Å². The molecule has 0 radical (unpaired) electrons. The van der Waals surface area contributed by atoms with Gasteiger partial charge in [-0.15, -0.1) is 0 Å². The van der Waals surface area contributed by atoms with Gasteiger partial charge in [0.1, 0.15) is 19.2 Å². The summed E-state index contributed by atoms with van der Waals surface area (Å²) in [6.45, 7) is -0.261. The van der Waals surface area contributed by atoms with Gasteiger partial charge < -0.3 is 25.0 Å². The molecule has 8 nitrogen and oxygen atoms in total. The van der Waals surface area contributed by atoms with E-state index in [4.69, 9.17) is 9.84 Å². The molecule has 0 aromatic heterocycles. The van der Waals surface area contributed by atoms with Crippen LogP contribution in [-0.4, -0.2) is 85.7 Å². The molecule has 2 aromatic carbocycles. The van der Waals surface area contributed by atoms with Crippen LogP contribution in [0, 0.1) is 0 Å². The Hall–Kier alpha value is -3.53. The van der Waals surface area contributed by atoms with Crippen molar-refractivity contribution in [2.75, 3.05) is 40.3 Å². The normalized spacial score (nSPS) is 13.3. The number of halogens is 2. The Balaban J connectivity index is 1.62. The van der Waals surface area contributed by atoms with E-state index in [1.165, 1.54) is 0 Å². The number of carboxylic acids is 1. The van der Waals surface area contributed by atoms with Crippen molar-refractivity contribution in [2.45, 2.75) is 24.8 Å². The second-order valence-corrected chi connectivity index (χ2v) is 8.63. The molecular weight excluding hydrogens is 460 g/mol. The van der Waals surface area contributed by atoms with Crippen molar-refractivity contribution < 1.29 is 33.0 Å². The predicted octanol–water partition coefficient (Wildman–Crippen LogP) is 3.02. The van der Waals surface area contributed by atoms with E-state index in [0.717, 1.165) is 27.2 Å². The molecule has 35 heavy (non-hydrogen) atoms. The van der Waals surface area contributed by atoms with Crippen molar-refractivity contribution in [3.63, 3.8) is 0 Å². The second-order valence-electron chi connectivity index (χ2n) is 8.63. The molecule has 3 rings (SSSR count). The van der Waals surface area contributed by atoms with Crippen molar-refractivity contribution in [3.05, 3.63) is 59.7 Å². The average Bonchev–Trinajstić information content (AvgIpc) is 3.13. The summed E-state index contributed by atoms with van der Waals surface area (Å²) in [6, 6.07) is 13.6. The van der Waals surface area contributed by atoms with E-state index in [1.54, 1.807) is 19.0 Å². The van der Waals surface area contributed by atoms with E-state index < -0.39 is 43.4 Å². The monoisotopic (exact) mass is 489 g/mol. The fourth-order valence-electron chi connectivity index (χ4n) is 4.09. The topological polar surface area (TPSA) is 99.2 Å². The average molecular weight is 490 g/mol. The van der Waals surface area contributed by atoms with Gasteiger partial charge in [-0.25, -0.2) is 13.6 Å². The van der Waals surface area contributed by atoms with Crippen LogP contribution in [0.4, 0.5) is 13.6 Å². The third kappa shape index (κ3) is 6.75. The standard InChI is InChI=1S/C25H29F2N3O5/c1-29(2)11-12-30(14-23(32)33)22(31)13-21(24(26)27)28-25(34)35-15-20-18-9-5-3-7-16(18)17-8-4-6-10-19(17)20/h3-10,20-21,24H,11-15H2,1-2H3,(H,28,34)(H,32,33). The molecular formula is C25H29F2N3O5. The fraction of sp³-hybridized carbons (Fsp3) is 0.400. The molecule has 1 unspecified atom stereocenters. The molecule has 1 atom stereocenters. The van der Waals surface area contributed by atoms with Gasteiger partial charge in [0.2, 0.25) is 5.91 Å². The number of alkyl halides is 2. The highest BCUT2D eigenvalue weighted by Gasteiger charge is 2.31. The number of hydrogen-bond acceptors (Lipinski definition) is 5. The number of carboxylic acid groups (broad SMARTS) is 1. The number of rotatable bonds is 11. The molecule has 0 saturated carbocycles. The Morgan fingerprint density at radius 2 is 1.57 bits per heavy atom. The zero-order valence-electron chi connectivity index (χ0n) is 19.6. The quantitative estimate of drug-likeness (QED) is 0.504. The fourth-order valence-corrected chi connectivity index (χ4v) is 4.09. The zero-order valence-corrected chi connectivity index (χ0v) is 19.6. The lowest BCUT2D eigenvalue weighted by Gasteiger charge is -2.25. The molecule has 0 aliphatic heterocycles. The molecule has 188 valence electrons. The van der Waals surface area contributed by atoms with Crippen LogP contribution in [0.2, 0.25) is 0 Å². The minimum Gasteiger partial charge on any atom is -0.480 e. The summed E-state index contributed by atoms with van der Waals surface area (Å²) in [6.07, 6.45) is -4.86. The van der Waals surface area contributed by atoms with Gasteiger partial charge in [0.25, 0.3) is 6.43 Å². The zero-order chi connectivity index (χ0) is 25.5. The SMILES string of the molecule is CN(C)CCN(CC(=O)O)C(=O)CC(NC(=O)OCC1c2ccccc2-c2ccccc21)C(F)F. The largest absolute Gasteiger partial charge is 0.480 e. The summed E-state index contributed by atoms with van der Waals surface area (Å²) in [5.41, 5.74) is 4.02. The van der Waals surface area contributed by atoms with Crippen LogP contribution in [-0.2, 0) is 14.3 Å². The smallest absolute Gasteiger partial charge is 0.407 e. The van der Waals surface area contributed by atoms with Crippen molar-refractivity contribution in [1.29, 1.82) is 0 Å². The van der Waals surface area contributed by atoms with Gasteiger partial charge in [-0.3, -0.25) is 9.59 Å². The highest BCUT2D eigenvalue weighted by molar-refractivity contribution is 5.82. The maximum atomic E-state index is 13.6. The lowest BCUT2D eigenvalue weighted by Crippen LogP contribution is -2.47. The molecule has 0 heterocycles. The van der Waals surface area contributed by atoms with E-state index in [2.05, 4.69) is 5.32 Å². The Morgan fingerprint density at radius 3 is 2.09 bits per heavy atom. The van der Waals surface area contributed by atoms with E-state index in [1.807, 2.05) is 48.5 Å². The number of ether oxygens (including phenoxy) is 1. The lowest BCUT2D eigenvalue weighted by atomic mass is 9.98. The third-order valence-electron chi connectivity index (χ3n) is 5.84. The number of fused-ring (bicyclic) bond motifs is 3. The molecule has 0 saturated heterocycles. The molecule has 1 aliphatic carbocycles. The third-order valence-corrected chi connectivity index (χ3v) is 5.84. The number of hydrogen-bond donors (Lipinski definition) is 2. The highest BCUT2D eigenvalue weighted by Crippen LogP contribution is 2.44. The number of carbonyl (C=O) groups is 3. The summed E-state index contributed by atoms with van der Waals surface area (Å²) in [7, 11) is 3.48. The van der Waals surface area contributed by atoms with Crippen molar-refractivity contribution in [3.8, 4) is 11.1 Å². The second kappa shape index (κ2) is 11.7. The Bertz CT molecular complexity index is 1020. The summed E-state index contributed by atoms with van der Waals surface area (Å²) in [5, 5.41) is 11.1. The van der Waals surface area contributed by atoms with Gasteiger partial charge in [-0.05, 0) is 36.3 Å². The summed E-state index contributed by atoms with van der Waals surface area (Å²) in [5.74, 6) is -2.29. The maximum absolute atomic E-state index is 13.6. The van der Waals surface area contributed by atoms with E-state index >= 15 is 0 Å². The van der Waals surface area contributed by atoms with Gasteiger partial charge in [-0.2, -0.15) is 0 Å². The van der Waals surface area contributed by atoms with Crippen LogP contribution in [0.25, 0.3) is 11.1 Å². The van der Waals surface area contributed by atoms with Gasteiger partial charge >= 0.3 is 12.1 Å². The first-order valence-electron chi connectivity index (χ1n) is 11.2.